The van der Waals surface area contributed by atoms with E-state index in [0.717, 1.165) is 55.9 Å². The predicted octanol–water partition coefficient (Wildman–Crippen LogP) is 2.34. The number of hydrogen-bond donors (Lipinski definition) is 0. The van der Waals surface area contributed by atoms with E-state index < -0.39 is 0 Å². The number of rotatable bonds is 7. The van der Waals surface area contributed by atoms with Gasteiger partial charge in [0.2, 0.25) is 5.91 Å². The van der Waals surface area contributed by atoms with Gasteiger partial charge in [-0.1, -0.05) is 25.1 Å². The zero-order chi connectivity index (χ0) is 20.9. The van der Waals surface area contributed by atoms with Gasteiger partial charge < -0.3 is 4.90 Å². The topological polar surface area (TPSA) is 63.4 Å². The number of imidazole rings is 1. The summed E-state index contributed by atoms with van der Waals surface area (Å²) in [6.45, 7) is 7.12. The van der Waals surface area contributed by atoms with Gasteiger partial charge in [0, 0.05) is 58.4 Å². The predicted molar refractivity (Wildman–Crippen MR) is 117 cm³/mol. The smallest absolute Gasteiger partial charge is 0.329 e. The number of aryl methyl sites for hydroxylation is 2. The number of carbonyl (C=O) groups is 1. The minimum Gasteiger partial charge on any atom is -0.340 e. The zero-order valence-corrected chi connectivity index (χ0v) is 17.5. The van der Waals surface area contributed by atoms with Gasteiger partial charge >= 0.3 is 5.69 Å². The summed E-state index contributed by atoms with van der Waals surface area (Å²) in [5, 5.41) is 0. The van der Waals surface area contributed by atoms with Crippen LogP contribution in [0.4, 0.5) is 0 Å². The lowest BCUT2D eigenvalue weighted by Gasteiger charge is -2.34. The van der Waals surface area contributed by atoms with Gasteiger partial charge in [0.25, 0.3) is 0 Å². The molecule has 30 heavy (non-hydrogen) atoms. The lowest BCUT2D eigenvalue weighted by Crippen LogP contribution is -2.48. The molecule has 0 unspecified atom stereocenters. The Morgan fingerprint density at radius 2 is 1.60 bits per heavy atom. The number of amides is 1. The molecule has 4 rings (SSSR count). The summed E-state index contributed by atoms with van der Waals surface area (Å²) < 4.78 is 3.57. The van der Waals surface area contributed by atoms with E-state index in [1.807, 2.05) is 58.1 Å². The highest BCUT2D eigenvalue weighted by atomic mass is 16.2. The maximum Gasteiger partial charge on any atom is 0.329 e. The minimum atomic E-state index is -0.0222. The van der Waals surface area contributed by atoms with E-state index >= 15 is 0 Å². The van der Waals surface area contributed by atoms with Crippen molar-refractivity contribution in [3.8, 4) is 0 Å². The molecule has 0 aliphatic carbocycles. The molecular weight excluding hydrogens is 378 g/mol. The summed E-state index contributed by atoms with van der Waals surface area (Å²) in [5.74, 6) is 0.117. The van der Waals surface area contributed by atoms with E-state index in [1.165, 1.54) is 0 Å². The lowest BCUT2D eigenvalue weighted by molar-refractivity contribution is -0.133. The van der Waals surface area contributed by atoms with Crippen LogP contribution in [-0.4, -0.2) is 56.0 Å². The Kier molecular flexibility index (Phi) is 6.28. The van der Waals surface area contributed by atoms with Crippen LogP contribution in [0.25, 0.3) is 11.0 Å². The molecule has 1 saturated heterocycles. The number of nitrogens with zero attached hydrogens (tertiary/aromatic N) is 5. The molecule has 0 saturated carbocycles. The fraction of sp³-hybridized carbons (Fsp3) is 0.435. The maximum absolute atomic E-state index is 12.9. The van der Waals surface area contributed by atoms with Crippen molar-refractivity contribution in [2.24, 2.45) is 0 Å². The third-order valence-corrected chi connectivity index (χ3v) is 5.76. The molecule has 1 fully saturated rings. The molecule has 3 heterocycles. The number of pyridine rings is 1. The zero-order valence-electron chi connectivity index (χ0n) is 17.5. The van der Waals surface area contributed by atoms with Crippen LogP contribution in [0.3, 0.4) is 0 Å². The van der Waals surface area contributed by atoms with E-state index in [2.05, 4.69) is 16.8 Å². The maximum atomic E-state index is 12.9. The Morgan fingerprint density at radius 3 is 2.23 bits per heavy atom. The van der Waals surface area contributed by atoms with Gasteiger partial charge in [-0.05, 0) is 30.7 Å². The molecule has 158 valence electrons. The largest absolute Gasteiger partial charge is 0.340 e. The van der Waals surface area contributed by atoms with Crippen LogP contribution >= 0.6 is 0 Å². The quantitative estimate of drug-likeness (QED) is 0.603. The van der Waals surface area contributed by atoms with Gasteiger partial charge in [-0.15, -0.1) is 0 Å². The number of fused-ring (bicyclic) bond motifs is 1. The van der Waals surface area contributed by atoms with Gasteiger partial charge in [-0.3, -0.25) is 23.8 Å². The van der Waals surface area contributed by atoms with Crippen molar-refractivity contribution in [2.45, 2.75) is 39.4 Å². The highest BCUT2D eigenvalue weighted by Crippen LogP contribution is 2.14. The van der Waals surface area contributed by atoms with Crippen LogP contribution in [0, 0.1) is 0 Å². The van der Waals surface area contributed by atoms with Gasteiger partial charge in [0.15, 0.2) is 0 Å². The summed E-state index contributed by atoms with van der Waals surface area (Å²) in [5.41, 5.74) is 2.88. The van der Waals surface area contributed by atoms with Gasteiger partial charge in [0.1, 0.15) is 0 Å². The second-order valence-corrected chi connectivity index (χ2v) is 7.80. The second kappa shape index (κ2) is 9.26. The Bertz CT molecular complexity index is 1050. The molecule has 0 N–H and O–H groups in total. The first-order valence-corrected chi connectivity index (χ1v) is 10.8. The van der Waals surface area contributed by atoms with Crippen LogP contribution in [0.15, 0.2) is 53.5 Å². The molecule has 7 heteroatoms. The first-order valence-electron chi connectivity index (χ1n) is 10.8. The number of benzene rings is 1. The van der Waals surface area contributed by atoms with E-state index in [-0.39, 0.29) is 11.6 Å². The van der Waals surface area contributed by atoms with E-state index in [1.54, 1.807) is 4.57 Å². The van der Waals surface area contributed by atoms with Crippen LogP contribution in [0.1, 0.15) is 25.5 Å². The van der Waals surface area contributed by atoms with Crippen LogP contribution < -0.4 is 5.69 Å². The summed E-state index contributed by atoms with van der Waals surface area (Å²) in [4.78, 5) is 34.3. The lowest BCUT2D eigenvalue weighted by atomic mass is 10.2. The van der Waals surface area contributed by atoms with Crippen molar-refractivity contribution in [2.75, 3.05) is 26.2 Å². The molecule has 1 aliphatic rings. The minimum absolute atomic E-state index is 0.0222. The average molecular weight is 408 g/mol. The van der Waals surface area contributed by atoms with Crippen LogP contribution in [0.2, 0.25) is 0 Å². The molecule has 1 amide bonds. The summed E-state index contributed by atoms with van der Waals surface area (Å²) in [7, 11) is 0. The third kappa shape index (κ3) is 4.31. The number of piperazine rings is 1. The van der Waals surface area contributed by atoms with Crippen molar-refractivity contribution in [1.82, 2.24) is 23.9 Å². The van der Waals surface area contributed by atoms with Crippen molar-refractivity contribution >= 4 is 16.9 Å². The molecule has 0 atom stereocenters. The summed E-state index contributed by atoms with van der Waals surface area (Å²) in [6.07, 6.45) is 3.06. The molecule has 0 radical (unpaired) electrons. The number of aromatic nitrogens is 3. The monoisotopic (exact) mass is 407 g/mol. The van der Waals surface area contributed by atoms with Crippen LogP contribution in [-0.2, 0) is 24.4 Å². The Hall–Kier alpha value is -2.93. The molecule has 1 aliphatic heterocycles. The molecule has 0 bridgehead atoms. The molecular formula is C23H29N5O2. The van der Waals surface area contributed by atoms with Crippen molar-refractivity contribution in [1.29, 1.82) is 0 Å². The highest BCUT2D eigenvalue weighted by molar-refractivity contribution is 5.78. The number of para-hydroxylation sites is 2. The normalized spacial score (nSPS) is 15.0. The summed E-state index contributed by atoms with van der Waals surface area (Å²) in [6, 6.07) is 13.8. The molecule has 1 aromatic carbocycles. The Morgan fingerprint density at radius 1 is 0.933 bits per heavy atom. The van der Waals surface area contributed by atoms with E-state index in [4.69, 9.17) is 0 Å². The third-order valence-electron chi connectivity index (χ3n) is 5.76. The fourth-order valence-corrected chi connectivity index (χ4v) is 4.17. The first-order chi connectivity index (χ1) is 14.7. The molecule has 3 aromatic rings. The van der Waals surface area contributed by atoms with E-state index in [0.29, 0.717) is 19.5 Å². The SMILES string of the molecule is CCCn1c(=O)n(CCC(=O)N2CCN(Cc3ccccn3)CC2)c2ccccc21. The van der Waals surface area contributed by atoms with Crippen molar-refractivity contribution in [3.05, 3.63) is 64.8 Å². The Labute approximate surface area is 176 Å². The number of carbonyl (C=O) groups excluding carboxylic acids is 1. The molecule has 7 nitrogen and oxygen atoms in total. The van der Waals surface area contributed by atoms with Gasteiger partial charge in [0.05, 0.1) is 16.7 Å². The first kappa shape index (κ1) is 20.3. The van der Waals surface area contributed by atoms with Gasteiger partial charge in [-0.25, -0.2) is 4.79 Å². The molecule has 0 spiro atoms. The standard InChI is InChI=1S/C23H29N5O2/c1-2-12-27-20-8-3-4-9-21(20)28(23(27)30)13-10-22(29)26-16-14-25(15-17-26)18-19-7-5-6-11-24-19/h3-9,11H,2,10,12-18H2,1H3. The molecule has 2 aromatic heterocycles. The second-order valence-electron chi connectivity index (χ2n) is 7.80. The Balaban J connectivity index is 1.36. The van der Waals surface area contributed by atoms with Crippen molar-refractivity contribution in [3.63, 3.8) is 0 Å². The highest BCUT2D eigenvalue weighted by Gasteiger charge is 2.22. The van der Waals surface area contributed by atoms with E-state index in [9.17, 15) is 9.59 Å². The average Bonchev–Trinajstić information content (AvgIpc) is 3.05. The fourth-order valence-electron chi connectivity index (χ4n) is 4.17. The summed E-state index contributed by atoms with van der Waals surface area (Å²) >= 11 is 0. The van der Waals surface area contributed by atoms with Crippen LogP contribution in [0.5, 0.6) is 0 Å². The van der Waals surface area contributed by atoms with Gasteiger partial charge in [-0.2, -0.15) is 0 Å². The number of hydrogen-bond acceptors (Lipinski definition) is 4. The van der Waals surface area contributed by atoms with Crippen molar-refractivity contribution < 1.29 is 4.79 Å².